The minimum Gasteiger partial charge on any atom is -0.366 e. The molecule has 0 aromatic carbocycles. The number of ether oxygens (including phenoxy) is 1. The van der Waals surface area contributed by atoms with Gasteiger partial charge >= 0.3 is 0 Å². The fraction of sp³-hybridized carbons (Fsp3) is 0.250. The first kappa shape index (κ1) is 12.2. The van der Waals surface area contributed by atoms with Crippen LogP contribution < -0.4 is 5.56 Å². The van der Waals surface area contributed by atoms with Crippen LogP contribution in [0.3, 0.4) is 0 Å². The number of pyridine rings is 2. The summed E-state index contributed by atoms with van der Waals surface area (Å²) in [4.78, 5) is 15.9. The Kier molecular flexibility index (Phi) is 3.37. The average molecular weight is 245 g/mol. The average Bonchev–Trinajstić information content (AvgIpc) is 2.41. The van der Waals surface area contributed by atoms with Crippen LogP contribution in [0.15, 0.2) is 29.2 Å². The molecule has 2 aromatic rings. The molecule has 1 N–H and O–H groups in total. The van der Waals surface area contributed by atoms with E-state index in [-0.39, 0.29) is 12.1 Å². The van der Waals surface area contributed by atoms with Crippen molar-refractivity contribution < 1.29 is 9.84 Å². The van der Waals surface area contributed by atoms with E-state index < -0.39 is 6.29 Å². The summed E-state index contributed by atoms with van der Waals surface area (Å²) in [5.74, 6) is 0. The minimum atomic E-state index is -1.08. The van der Waals surface area contributed by atoms with Gasteiger partial charge in [0.2, 0.25) is 0 Å². The lowest BCUT2D eigenvalue weighted by atomic mass is 10.2. The molecule has 0 spiro atoms. The van der Waals surface area contributed by atoms with Gasteiger partial charge in [-0.25, -0.2) is 0 Å². The monoisotopic (exact) mass is 245 g/mol. The third-order valence-electron chi connectivity index (χ3n) is 2.58. The first-order valence-corrected chi connectivity index (χ1v) is 5.26. The zero-order valence-corrected chi connectivity index (χ0v) is 9.70. The molecule has 2 rings (SSSR count). The smallest absolute Gasteiger partial charge is 0.251 e. The number of rotatable bonds is 3. The second-order valence-electron chi connectivity index (χ2n) is 3.71. The summed E-state index contributed by atoms with van der Waals surface area (Å²) in [6, 6.07) is 6.47. The van der Waals surface area contributed by atoms with Crippen molar-refractivity contribution in [2.75, 3.05) is 7.11 Å². The van der Waals surface area contributed by atoms with E-state index in [0.717, 1.165) is 0 Å². The summed E-state index contributed by atoms with van der Waals surface area (Å²) in [5, 5.41) is 18.3. The molecule has 0 saturated carbocycles. The molecule has 92 valence electrons. The van der Waals surface area contributed by atoms with E-state index in [1.807, 2.05) is 6.07 Å². The van der Waals surface area contributed by atoms with Crippen molar-refractivity contribution in [3.63, 3.8) is 0 Å². The van der Waals surface area contributed by atoms with Gasteiger partial charge in [0.15, 0.2) is 6.29 Å². The normalized spacial score (nSPS) is 12.3. The van der Waals surface area contributed by atoms with Gasteiger partial charge in [-0.1, -0.05) is 0 Å². The van der Waals surface area contributed by atoms with Crippen molar-refractivity contribution in [3.05, 3.63) is 40.3 Å². The summed E-state index contributed by atoms with van der Waals surface area (Å²) >= 11 is 0. The highest BCUT2D eigenvalue weighted by molar-refractivity contribution is 5.75. The molecule has 2 heterocycles. The summed E-state index contributed by atoms with van der Waals surface area (Å²) < 4.78 is 6.06. The van der Waals surface area contributed by atoms with E-state index in [1.54, 1.807) is 12.1 Å². The molecule has 2 aromatic heterocycles. The molecule has 0 aliphatic rings. The SMILES string of the molecule is COC(O)Cn1c(=O)ccc2ncc(C#N)cc21. The maximum atomic E-state index is 11.8. The molecule has 0 bridgehead atoms. The molecule has 0 amide bonds. The molecule has 0 aliphatic carbocycles. The lowest BCUT2D eigenvalue weighted by molar-refractivity contribution is -0.0832. The van der Waals surface area contributed by atoms with Crippen molar-refractivity contribution in [2.24, 2.45) is 0 Å². The molecule has 1 atom stereocenters. The Bertz CT molecular complexity index is 672. The zero-order chi connectivity index (χ0) is 13.1. The van der Waals surface area contributed by atoms with Crippen LogP contribution in [0.25, 0.3) is 11.0 Å². The molecule has 0 saturated heterocycles. The standard InChI is InChI=1S/C12H11N3O3/c1-18-12(17)7-15-10-4-8(5-13)6-14-9(10)2-3-11(15)16/h2-4,6,12,17H,7H2,1H3. The number of hydrogen-bond donors (Lipinski definition) is 1. The van der Waals surface area contributed by atoms with E-state index in [9.17, 15) is 9.90 Å². The highest BCUT2D eigenvalue weighted by Crippen LogP contribution is 2.11. The Morgan fingerprint density at radius 3 is 3.06 bits per heavy atom. The highest BCUT2D eigenvalue weighted by atomic mass is 16.6. The summed E-state index contributed by atoms with van der Waals surface area (Å²) in [6.45, 7) is -0.0107. The van der Waals surface area contributed by atoms with Gasteiger partial charge in [0.25, 0.3) is 5.56 Å². The van der Waals surface area contributed by atoms with Crippen molar-refractivity contribution in [2.45, 2.75) is 12.8 Å². The van der Waals surface area contributed by atoms with Crippen LogP contribution in [-0.2, 0) is 11.3 Å². The lowest BCUT2D eigenvalue weighted by Crippen LogP contribution is -2.27. The second-order valence-corrected chi connectivity index (χ2v) is 3.71. The Morgan fingerprint density at radius 1 is 1.61 bits per heavy atom. The number of nitrogens with zero attached hydrogens (tertiary/aromatic N) is 3. The van der Waals surface area contributed by atoms with E-state index in [0.29, 0.717) is 16.6 Å². The highest BCUT2D eigenvalue weighted by Gasteiger charge is 2.09. The Hall–Kier alpha value is -2.23. The quantitative estimate of drug-likeness (QED) is 0.782. The fourth-order valence-electron chi connectivity index (χ4n) is 1.65. The minimum absolute atomic E-state index is 0.0107. The van der Waals surface area contributed by atoms with Gasteiger partial charge in [-0.15, -0.1) is 0 Å². The van der Waals surface area contributed by atoms with Gasteiger partial charge in [-0.2, -0.15) is 5.26 Å². The molecule has 0 radical (unpaired) electrons. The van der Waals surface area contributed by atoms with Crippen LogP contribution in [0.1, 0.15) is 5.56 Å². The largest absolute Gasteiger partial charge is 0.366 e. The van der Waals surface area contributed by atoms with E-state index >= 15 is 0 Å². The first-order valence-electron chi connectivity index (χ1n) is 5.26. The molecule has 1 unspecified atom stereocenters. The number of methoxy groups -OCH3 is 1. The maximum Gasteiger partial charge on any atom is 0.251 e. The predicted molar refractivity (Wildman–Crippen MR) is 63.7 cm³/mol. The van der Waals surface area contributed by atoms with Crippen molar-refractivity contribution in [1.29, 1.82) is 5.26 Å². The second kappa shape index (κ2) is 4.96. The summed E-state index contributed by atoms with van der Waals surface area (Å²) in [5.41, 5.74) is 1.15. The van der Waals surface area contributed by atoms with Crippen LogP contribution in [-0.4, -0.2) is 28.1 Å². The number of hydrogen-bond acceptors (Lipinski definition) is 5. The molecule has 6 nitrogen and oxygen atoms in total. The maximum absolute atomic E-state index is 11.8. The van der Waals surface area contributed by atoms with Gasteiger partial charge < -0.3 is 14.4 Å². The van der Waals surface area contributed by atoms with E-state index in [2.05, 4.69) is 4.98 Å². The zero-order valence-electron chi connectivity index (χ0n) is 9.70. The Labute approximate surface area is 103 Å². The first-order chi connectivity index (χ1) is 8.65. The molecular weight excluding hydrogens is 234 g/mol. The summed E-state index contributed by atoms with van der Waals surface area (Å²) in [7, 11) is 1.35. The van der Waals surface area contributed by atoms with Gasteiger partial charge in [-0.3, -0.25) is 9.78 Å². The van der Waals surface area contributed by atoms with Gasteiger partial charge in [-0.05, 0) is 12.1 Å². The van der Waals surface area contributed by atoms with Gasteiger partial charge in [0.1, 0.15) is 6.07 Å². The molecule has 0 fully saturated rings. The molecular formula is C12H11N3O3. The van der Waals surface area contributed by atoms with Gasteiger partial charge in [0.05, 0.1) is 23.1 Å². The Morgan fingerprint density at radius 2 is 2.39 bits per heavy atom. The fourth-order valence-corrected chi connectivity index (χ4v) is 1.65. The van der Waals surface area contributed by atoms with Gasteiger partial charge in [0, 0.05) is 19.4 Å². The molecule has 18 heavy (non-hydrogen) atoms. The van der Waals surface area contributed by atoms with Crippen LogP contribution in [0.2, 0.25) is 0 Å². The van der Waals surface area contributed by atoms with E-state index in [4.69, 9.17) is 10.00 Å². The van der Waals surface area contributed by atoms with Crippen LogP contribution in [0.4, 0.5) is 0 Å². The lowest BCUT2D eigenvalue weighted by Gasteiger charge is -2.13. The number of aliphatic hydroxyl groups is 1. The summed E-state index contributed by atoms with van der Waals surface area (Å²) in [6.07, 6.45) is 0.350. The third-order valence-corrected chi connectivity index (χ3v) is 2.58. The third kappa shape index (κ3) is 2.22. The van der Waals surface area contributed by atoms with Crippen LogP contribution in [0.5, 0.6) is 0 Å². The number of aliphatic hydroxyl groups excluding tert-OH is 1. The van der Waals surface area contributed by atoms with Crippen LogP contribution >= 0.6 is 0 Å². The number of fused-ring (bicyclic) bond motifs is 1. The topological polar surface area (TPSA) is 88.1 Å². The number of nitriles is 1. The molecule has 0 aliphatic heterocycles. The van der Waals surface area contributed by atoms with E-state index in [1.165, 1.54) is 23.9 Å². The molecule has 6 heteroatoms. The predicted octanol–water partition coefficient (Wildman–Crippen LogP) is 0.233. The van der Waals surface area contributed by atoms with Crippen LogP contribution in [0, 0.1) is 11.3 Å². The Balaban J connectivity index is 2.65. The number of aromatic nitrogens is 2. The van der Waals surface area contributed by atoms with Crippen molar-refractivity contribution >= 4 is 11.0 Å². The van der Waals surface area contributed by atoms with Crippen molar-refractivity contribution in [3.8, 4) is 6.07 Å². The van der Waals surface area contributed by atoms with Crippen molar-refractivity contribution in [1.82, 2.24) is 9.55 Å².